The molecule has 0 radical (unpaired) electrons. The maximum Gasteiger partial charge on any atom is 0.153 e. The number of hydrogen-bond donors (Lipinski definition) is 1. The second-order valence-corrected chi connectivity index (χ2v) is 7.08. The third-order valence-corrected chi connectivity index (χ3v) is 4.54. The third-order valence-electron chi connectivity index (χ3n) is 4.54. The van der Waals surface area contributed by atoms with Crippen LogP contribution in [0.15, 0.2) is 0 Å². The van der Waals surface area contributed by atoms with Crippen LogP contribution in [-0.4, -0.2) is 37.2 Å². The molecule has 19 heavy (non-hydrogen) atoms. The first-order valence-electron chi connectivity index (χ1n) is 7.35. The van der Waals surface area contributed by atoms with E-state index in [2.05, 4.69) is 0 Å². The molecular formula is C15H27NO3. The summed E-state index contributed by atoms with van der Waals surface area (Å²) in [6.07, 6.45) is 3.44. The van der Waals surface area contributed by atoms with Crippen LogP contribution in [0.1, 0.15) is 46.5 Å². The van der Waals surface area contributed by atoms with Crippen molar-refractivity contribution in [3.63, 3.8) is 0 Å². The normalized spacial score (nSPS) is 29.2. The van der Waals surface area contributed by atoms with Crippen LogP contribution in [0.2, 0.25) is 0 Å². The lowest BCUT2D eigenvalue weighted by molar-refractivity contribution is -0.158. The molecule has 2 fully saturated rings. The van der Waals surface area contributed by atoms with E-state index in [0.717, 1.165) is 38.9 Å². The molecule has 0 aromatic carbocycles. The van der Waals surface area contributed by atoms with E-state index < -0.39 is 0 Å². The van der Waals surface area contributed by atoms with Crippen molar-refractivity contribution in [1.82, 2.24) is 0 Å². The van der Waals surface area contributed by atoms with E-state index in [1.54, 1.807) is 0 Å². The van der Waals surface area contributed by atoms with Crippen LogP contribution in [0.3, 0.4) is 0 Å². The molecule has 2 aliphatic rings. The van der Waals surface area contributed by atoms with E-state index in [4.69, 9.17) is 15.2 Å². The van der Waals surface area contributed by atoms with Crippen molar-refractivity contribution in [3.8, 4) is 0 Å². The molecule has 0 aromatic heterocycles. The molecule has 2 saturated heterocycles. The molecule has 2 atom stereocenters. The van der Waals surface area contributed by atoms with Crippen molar-refractivity contribution in [2.45, 2.75) is 58.1 Å². The van der Waals surface area contributed by atoms with Crippen LogP contribution in [0.5, 0.6) is 0 Å². The number of Topliss-reactive ketones (excluding diaryl/α,β-unsaturated/α-hetero) is 1. The molecule has 2 rings (SSSR count). The van der Waals surface area contributed by atoms with Gasteiger partial charge in [-0.1, -0.05) is 20.8 Å². The third kappa shape index (κ3) is 3.36. The van der Waals surface area contributed by atoms with Gasteiger partial charge in [0, 0.05) is 25.7 Å². The van der Waals surface area contributed by atoms with Crippen LogP contribution in [0, 0.1) is 11.3 Å². The zero-order valence-electron chi connectivity index (χ0n) is 12.4. The van der Waals surface area contributed by atoms with Gasteiger partial charge in [0.05, 0.1) is 11.6 Å². The van der Waals surface area contributed by atoms with Crippen molar-refractivity contribution in [1.29, 1.82) is 0 Å². The van der Waals surface area contributed by atoms with Gasteiger partial charge in [-0.2, -0.15) is 0 Å². The Bertz CT molecular complexity index is 323. The second-order valence-electron chi connectivity index (χ2n) is 7.08. The lowest BCUT2D eigenvalue weighted by Gasteiger charge is -2.44. The Morgan fingerprint density at radius 1 is 1.26 bits per heavy atom. The molecule has 2 aliphatic heterocycles. The number of ether oxygens (including phenoxy) is 2. The minimum atomic E-state index is -0.382. The topological polar surface area (TPSA) is 61.6 Å². The maximum absolute atomic E-state index is 12.6. The Morgan fingerprint density at radius 2 is 1.89 bits per heavy atom. The monoisotopic (exact) mass is 269 g/mol. The Labute approximate surface area is 116 Å². The largest absolute Gasteiger partial charge is 0.381 e. The van der Waals surface area contributed by atoms with Gasteiger partial charge in [-0.05, 0) is 31.1 Å². The quantitative estimate of drug-likeness (QED) is 0.831. The van der Waals surface area contributed by atoms with Crippen LogP contribution in [0.4, 0.5) is 0 Å². The Balaban J connectivity index is 2.02. The molecule has 0 aromatic rings. The molecule has 4 nitrogen and oxygen atoms in total. The fraction of sp³-hybridized carbons (Fsp3) is 0.933. The van der Waals surface area contributed by atoms with Crippen molar-refractivity contribution < 1.29 is 14.3 Å². The van der Waals surface area contributed by atoms with E-state index in [-0.39, 0.29) is 28.8 Å². The predicted molar refractivity (Wildman–Crippen MR) is 73.9 cm³/mol. The molecule has 110 valence electrons. The summed E-state index contributed by atoms with van der Waals surface area (Å²) in [5.41, 5.74) is 5.83. The highest BCUT2D eigenvalue weighted by Crippen LogP contribution is 2.38. The highest BCUT2D eigenvalue weighted by molar-refractivity contribution is 5.87. The van der Waals surface area contributed by atoms with Crippen LogP contribution >= 0.6 is 0 Å². The predicted octanol–water partition coefficient (Wildman–Crippen LogP) is 1.90. The molecule has 0 saturated carbocycles. The van der Waals surface area contributed by atoms with Crippen molar-refractivity contribution >= 4 is 5.78 Å². The molecule has 2 unspecified atom stereocenters. The zero-order valence-corrected chi connectivity index (χ0v) is 12.4. The molecular weight excluding hydrogens is 242 g/mol. The van der Waals surface area contributed by atoms with E-state index in [9.17, 15) is 4.79 Å². The van der Waals surface area contributed by atoms with Gasteiger partial charge in [0.2, 0.25) is 0 Å². The number of carbonyl (C=O) groups is 1. The summed E-state index contributed by atoms with van der Waals surface area (Å²) in [5, 5.41) is 0. The number of ketones is 1. The van der Waals surface area contributed by atoms with Gasteiger partial charge >= 0.3 is 0 Å². The van der Waals surface area contributed by atoms with Crippen LogP contribution < -0.4 is 5.73 Å². The number of rotatable bonds is 2. The Morgan fingerprint density at radius 3 is 2.47 bits per heavy atom. The fourth-order valence-corrected chi connectivity index (χ4v) is 3.04. The van der Waals surface area contributed by atoms with Gasteiger partial charge in [-0.25, -0.2) is 0 Å². The highest BCUT2D eigenvalue weighted by atomic mass is 16.5. The highest BCUT2D eigenvalue weighted by Gasteiger charge is 2.43. The first-order valence-corrected chi connectivity index (χ1v) is 7.35. The van der Waals surface area contributed by atoms with Gasteiger partial charge < -0.3 is 15.2 Å². The van der Waals surface area contributed by atoms with Crippen LogP contribution in [0.25, 0.3) is 0 Å². The van der Waals surface area contributed by atoms with Crippen molar-refractivity contribution in [2.24, 2.45) is 17.1 Å². The number of nitrogens with two attached hydrogens (primary N) is 1. The Hall–Kier alpha value is -0.450. The average Bonchev–Trinajstić information content (AvgIpc) is 2.37. The van der Waals surface area contributed by atoms with E-state index in [0.29, 0.717) is 6.61 Å². The van der Waals surface area contributed by atoms with Gasteiger partial charge in [-0.3, -0.25) is 4.79 Å². The average molecular weight is 269 g/mol. The lowest BCUT2D eigenvalue weighted by Crippen LogP contribution is -2.51. The first kappa shape index (κ1) is 14.9. The van der Waals surface area contributed by atoms with Gasteiger partial charge in [0.1, 0.15) is 0 Å². The molecule has 4 heteroatoms. The van der Waals surface area contributed by atoms with E-state index in [1.165, 1.54) is 0 Å². The second kappa shape index (κ2) is 5.51. The minimum absolute atomic E-state index is 0.0566. The first-order chi connectivity index (χ1) is 8.84. The molecule has 2 N–H and O–H groups in total. The summed E-state index contributed by atoms with van der Waals surface area (Å²) >= 11 is 0. The SMILES string of the molecule is CC(C)(C)C(N)C(=O)C1CCOC2(CCOCC2)C1. The molecule has 0 aliphatic carbocycles. The molecule has 1 spiro atoms. The summed E-state index contributed by atoms with van der Waals surface area (Å²) in [6.45, 7) is 8.24. The number of hydrogen-bond acceptors (Lipinski definition) is 4. The van der Waals surface area contributed by atoms with Crippen molar-refractivity contribution in [2.75, 3.05) is 19.8 Å². The van der Waals surface area contributed by atoms with Gasteiger partial charge in [-0.15, -0.1) is 0 Å². The summed E-state index contributed by atoms with van der Waals surface area (Å²) < 4.78 is 11.4. The smallest absolute Gasteiger partial charge is 0.153 e. The molecule has 2 heterocycles. The zero-order chi connectivity index (χ0) is 14.1. The summed E-state index contributed by atoms with van der Waals surface area (Å²) in [6, 6.07) is -0.382. The minimum Gasteiger partial charge on any atom is -0.381 e. The molecule has 0 amide bonds. The van der Waals surface area contributed by atoms with Gasteiger partial charge in [0.25, 0.3) is 0 Å². The van der Waals surface area contributed by atoms with Crippen molar-refractivity contribution in [3.05, 3.63) is 0 Å². The Kier molecular flexibility index (Phi) is 4.33. The van der Waals surface area contributed by atoms with E-state index >= 15 is 0 Å². The molecule has 0 bridgehead atoms. The standard InChI is InChI=1S/C15H27NO3/c1-14(2,3)13(16)12(17)11-4-7-19-15(10-11)5-8-18-9-6-15/h11,13H,4-10,16H2,1-3H3. The summed E-state index contributed by atoms with van der Waals surface area (Å²) in [7, 11) is 0. The maximum atomic E-state index is 12.6. The summed E-state index contributed by atoms with van der Waals surface area (Å²) in [5.74, 6) is 0.266. The number of carbonyl (C=O) groups excluding carboxylic acids is 1. The van der Waals surface area contributed by atoms with Crippen LogP contribution in [-0.2, 0) is 14.3 Å². The summed E-state index contributed by atoms with van der Waals surface area (Å²) in [4.78, 5) is 12.6. The lowest BCUT2D eigenvalue weighted by atomic mass is 9.74. The van der Waals surface area contributed by atoms with E-state index in [1.807, 2.05) is 20.8 Å². The van der Waals surface area contributed by atoms with Gasteiger partial charge in [0.15, 0.2) is 5.78 Å². The fourth-order valence-electron chi connectivity index (χ4n) is 3.04.